The second kappa shape index (κ2) is 20.4. The summed E-state index contributed by atoms with van der Waals surface area (Å²) in [6.45, 7) is 3.42. The van der Waals surface area contributed by atoms with Gasteiger partial charge in [-0.3, -0.25) is 0 Å². The predicted molar refractivity (Wildman–Crippen MR) is 179 cm³/mol. The minimum Gasteiger partial charge on any atom is -0.467 e. The summed E-state index contributed by atoms with van der Waals surface area (Å²) in [5, 5.41) is 63.8. The average molecular weight is 803 g/mol. The van der Waals surface area contributed by atoms with Gasteiger partial charge < -0.3 is 78.0 Å². The molecule has 0 bridgehead atoms. The van der Waals surface area contributed by atoms with E-state index in [4.69, 9.17) is 18.9 Å². The summed E-state index contributed by atoms with van der Waals surface area (Å²) < 4.78 is 48.6. The van der Waals surface area contributed by atoms with Crippen molar-refractivity contribution in [2.75, 3.05) is 56.9 Å². The van der Waals surface area contributed by atoms with E-state index in [1.54, 1.807) is 13.8 Å². The van der Waals surface area contributed by atoms with E-state index in [9.17, 15) is 59.4 Å². The Kier molecular flexibility index (Phi) is 18.9. The summed E-state index contributed by atoms with van der Waals surface area (Å²) in [6, 6.07) is 0. The first kappa shape index (κ1) is 51.2. The fourth-order valence-corrected chi connectivity index (χ4v) is 6.26. The maximum atomic E-state index is 12.7. The van der Waals surface area contributed by atoms with Gasteiger partial charge in [0.1, 0.15) is 24.4 Å². The highest BCUT2D eigenvalue weighted by Gasteiger charge is 2.80. The van der Waals surface area contributed by atoms with Crippen molar-refractivity contribution in [1.29, 1.82) is 0 Å². The summed E-state index contributed by atoms with van der Waals surface area (Å²) in [4.78, 5) is 73.6. The van der Waals surface area contributed by atoms with Crippen molar-refractivity contribution in [1.82, 2.24) is 0 Å². The molecule has 2 fully saturated rings. The molecule has 6 N–H and O–H groups in total. The molecule has 0 aromatic heterocycles. The number of hydrogen-bond donors (Lipinski definition) is 6. The Balaban J connectivity index is 0.00000104. The van der Waals surface area contributed by atoms with Gasteiger partial charge in [-0.05, 0) is 0 Å². The van der Waals surface area contributed by atoms with Gasteiger partial charge in [0.25, 0.3) is 0 Å². The van der Waals surface area contributed by atoms with Crippen LogP contribution in [0.3, 0.4) is 0 Å². The number of carbonyl (C=O) groups is 6. The fraction of sp³-hybridized carbons (Fsp3) is 0.758. The van der Waals surface area contributed by atoms with Gasteiger partial charge in [-0.1, -0.05) is 34.1 Å². The first-order valence-corrected chi connectivity index (χ1v) is 16.1. The zero-order valence-electron chi connectivity index (χ0n) is 31.5. The monoisotopic (exact) mass is 802 g/mol. The molecule has 0 saturated carbocycles. The Hall–Kier alpha value is -3.84. The first-order chi connectivity index (χ1) is 25.2. The van der Waals surface area contributed by atoms with Crippen molar-refractivity contribution in [3.63, 3.8) is 0 Å². The van der Waals surface area contributed by atoms with Gasteiger partial charge >= 0.3 is 35.8 Å². The number of methoxy groups -OCH3 is 8. The summed E-state index contributed by atoms with van der Waals surface area (Å²) >= 11 is 0. The minimum atomic E-state index is -3.57. The number of esters is 6. The lowest BCUT2D eigenvalue weighted by atomic mass is 9.74. The van der Waals surface area contributed by atoms with E-state index in [0.29, 0.717) is 18.9 Å². The van der Waals surface area contributed by atoms with Crippen LogP contribution in [0.2, 0.25) is 0 Å². The highest BCUT2D eigenvalue weighted by atomic mass is 16.8. The largest absolute Gasteiger partial charge is 0.467 e. The molecule has 22 heteroatoms. The van der Waals surface area contributed by atoms with Gasteiger partial charge in [-0.15, -0.1) is 0 Å². The van der Waals surface area contributed by atoms with Crippen LogP contribution in [-0.2, 0) is 76.1 Å². The van der Waals surface area contributed by atoms with Crippen LogP contribution < -0.4 is 0 Å². The lowest BCUT2D eigenvalue weighted by Gasteiger charge is -2.43. The molecule has 0 radical (unpaired) electrons. The highest BCUT2D eigenvalue weighted by molar-refractivity contribution is 6.05. The third kappa shape index (κ3) is 8.48. The zero-order valence-corrected chi connectivity index (χ0v) is 31.5. The van der Waals surface area contributed by atoms with E-state index in [1.165, 1.54) is 7.11 Å². The first-order valence-electron chi connectivity index (χ1n) is 16.1. The van der Waals surface area contributed by atoms with Gasteiger partial charge in [0.05, 0.1) is 48.2 Å². The number of aliphatic hydroxyl groups excluding tert-OH is 5. The maximum Gasteiger partial charge on any atom is 0.346 e. The van der Waals surface area contributed by atoms with E-state index in [-0.39, 0.29) is 20.3 Å². The Morgan fingerprint density at radius 1 is 0.673 bits per heavy atom. The zero-order chi connectivity index (χ0) is 42.0. The number of aliphatic hydroxyl groups is 6. The van der Waals surface area contributed by atoms with Crippen LogP contribution in [0.15, 0.2) is 11.6 Å². The Morgan fingerprint density at radius 2 is 1.15 bits per heavy atom. The SMILES string of the molecule is C.CCC[C@@]1(OC)O[C@@](C(=O)OC)(/C(=C/C(=O)OC)C(=O)OC)[C@H](O)[C@H]1O.CCC[C@@]1(OC)O[C@@](C(=O)OC)([C@](O)(C(=O)OC)C(O)C(=O)OC)[C@H](O)[C@H]1O. The van der Waals surface area contributed by atoms with E-state index in [2.05, 4.69) is 28.4 Å². The molecule has 2 rings (SSSR count). The Morgan fingerprint density at radius 3 is 1.53 bits per heavy atom. The number of ether oxygens (including phenoxy) is 10. The average Bonchev–Trinajstić information content (AvgIpc) is 3.55. The molecule has 0 aliphatic carbocycles. The molecule has 0 amide bonds. The topological polar surface area (TPSA) is 316 Å². The summed E-state index contributed by atoms with van der Waals surface area (Å²) in [5.41, 5.74) is -10.0. The van der Waals surface area contributed by atoms with Gasteiger partial charge in [-0.25, -0.2) is 28.8 Å². The van der Waals surface area contributed by atoms with Crippen LogP contribution in [0.25, 0.3) is 0 Å². The summed E-state index contributed by atoms with van der Waals surface area (Å²) in [5.74, 6) is -12.1. The van der Waals surface area contributed by atoms with Crippen LogP contribution in [0.5, 0.6) is 0 Å². The van der Waals surface area contributed by atoms with Crippen LogP contribution in [0.4, 0.5) is 0 Å². The maximum absolute atomic E-state index is 12.7. The molecule has 1 unspecified atom stereocenters. The molecule has 2 aliphatic heterocycles. The van der Waals surface area contributed by atoms with Crippen molar-refractivity contribution >= 4 is 35.8 Å². The van der Waals surface area contributed by atoms with Crippen molar-refractivity contribution in [3.05, 3.63) is 11.6 Å². The van der Waals surface area contributed by atoms with Crippen LogP contribution in [0.1, 0.15) is 47.0 Å². The predicted octanol–water partition coefficient (Wildman–Crippen LogP) is -3.07. The molecule has 318 valence electrons. The van der Waals surface area contributed by atoms with Crippen molar-refractivity contribution in [2.45, 2.75) is 106 Å². The van der Waals surface area contributed by atoms with E-state index in [1.807, 2.05) is 0 Å². The standard InChI is InChI=1S/C16H26O12.C16H24O10.CH4/c1-6-7-14(27-5)8(17)9(18)16(28-14,13(22)26-4)15(23,12(21)25-3)10(19)11(20)24-2;1-6-7-15(25-5)11(18)12(19)16(26-15,14(21)24-4)9(13(20)23-3)8-10(17)22-2;/h8-10,17-19,23H,6-7H2,1-5H3;8,11-12,18-19H,6-7H2,1-5H3;1H4/b;9-8+;/t8-,9-,10?,14-,15-,16+;11-,12-,15-,16+;/m11./s1. The quantitative estimate of drug-likeness (QED) is 0.0544. The molecular weight excluding hydrogens is 748 g/mol. The normalized spacial score (nSPS) is 31.6. The third-order valence-electron chi connectivity index (χ3n) is 9.02. The van der Waals surface area contributed by atoms with Crippen molar-refractivity contribution < 1.29 is 107 Å². The molecule has 0 aromatic carbocycles. The molecule has 2 saturated heterocycles. The molecule has 0 aromatic rings. The van der Waals surface area contributed by atoms with Gasteiger partial charge in [-0.2, -0.15) is 0 Å². The number of hydrogen-bond acceptors (Lipinski definition) is 22. The van der Waals surface area contributed by atoms with E-state index < -0.39 is 100 Å². The van der Waals surface area contributed by atoms with Crippen LogP contribution >= 0.6 is 0 Å². The summed E-state index contributed by atoms with van der Waals surface area (Å²) in [7, 11) is 7.81. The third-order valence-corrected chi connectivity index (χ3v) is 9.02. The van der Waals surface area contributed by atoms with Crippen LogP contribution in [-0.4, -0.2) is 182 Å². The lowest BCUT2D eigenvalue weighted by molar-refractivity contribution is -0.304. The molecule has 10 atom stereocenters. The second-order valence-electron chi connectivity index (χ2n) is 11.7. The second-order valence-corrected chi connectivity index (χ2v) is 11.7. The van der Waals surface area contributed by atoms with Gasteiger partial charge in [0, 0.05) is 33.1 Å². The lowest BCUT2D eigenvalue weighted by Crippen LogP contribution is -2.75. The highest BCUT2D eigenvalue weighted by Crippen LogP contribution is 2.50. The van der Waals surface area contributed by atoms with Gasteiger partial charge in [0.15, 0.2) is 17.7 Å². The van der Waals surface area contributed by atoms with Crippen molar-refractivity contribution in [2.24, 2.45) is 0 Å². The van der Waals surface area contributed by atoms with Gasteiger partial charge in [0.2, 0.25) is 16.8 Å². The molecular formula is C33H54O22. The fourth-order valence-electron chi connectivity index (χ4n) is 6.26. The van der Waals surface area contributed by atoms with E-state index in [0.717, 1.165) is 49.8 Å². The number of rotatable bonds is 15. The smallest absolute Gasteiger partial charge is 0.346 e. The number of carbonyl (C=O) groups excluding carboxylic acids is 6. The Labute approximate surface area is 317 Å². The molecule has 22 nitrogen and oxygen atoms in total. The molecule has 0 spiro atoms. The van der Waals surface area contributed by atoms with Crippen LogP contribution in [0, 0.1) is 0 Å². The molecule has 2 heterocycles. The summed E-state index contributed by atoms with van der Waals surface area (Å²) in [6.07, 6.45) is -9.48. The minimum absolute atomic E-state index is 0. The molecule has 55 heavy (non-hydrogen) atoms. The van der Waals surface area contributed by atoms with Crippen molar-refractivity contribution in [3.8, 4) is 0 Å². The van der Waals surface area contributed by atoms with E-state index >= 15 is 0 Å². The molecule has 2 aliphatic rings. The Bertz CT molecular complexity index is 1400.